The number of carbonyl (C=O) groups excluding carboxylic acids is 2. The molecule has 2 aromatic heterocycles. The molecule has 0 spiro atoms. The number of rotatable bonds is 7. The van der Waals surface area contributed by atoms with Gasteiger partial charge in [-0.05, 0) is 78.0 Å². The molecule has 11 heteroatoms. The third-order valence-corrected chi connectivity index (χ3v) is 9.44. The molecule has 4 heterocycles. The van der Waals surface area contributed by atoms with Crippen LogP contribution in [0.5, 0.6) is 0 Å². The van der Waals surface area contributed by atoms with Gasteiger partial charge in [0, 0.05) is 71.7 Å². The highest BCUT2D eigenvalue weighted by Crippen LogP contribution is 2.29. The summed E-state index contributed by atoms with van der Waals surface area (Å²) in [6, 6.07) is 21.2. The zero-order valence-corrected chi connectivity index (χ0v) is 28.4. The first-order chi connectivity index (χ1) is 23.2. The fourth-order valence-electron chi connectivity index (χ4n) is 6.02. The van der Waals surface area contributed by atoms with Crippen molar-refractivity contribution in [3.8, 4) is 0 Å². The van der Waals surface area contributed by atoms with Crippen molar-refractivity contribution in [1.82, 2.24) is 19.8 Å². The fraction of sp³-hybridized carbons (Fsp3) is 0.297. The Morgan fingerprint density at radius 3 is 2.73 bits per heavy atom. The molecule has 246 valence electrons. The summed E-state index contributed by atoms with van der Waals surface area (Å²) in [7, 11) is 1.80. The Kier molecular flexibility index (Phi) is 9.75. The van der Waals surface area contributed by atoms with Crippen LogP contribution in [0, 0.1) is 19.1 Å². The summed E-state index contributed by atoms with van der Waals surface area (Å²) in [4.78, 5) is 40.0. The van der Waals surface area contributed by atoms with E-state index in [9.17, 15) is 9.59 Å². The second kappa shape index (κ2) is 14.3. The molecule has 2 unspecified atom stereocenters. The summed E-state index contributed by atoms with van der Waals surface area (Å²) >= 11 is 1.63. The van der Waals surface area contributed by atoms with Crippen LogP contribution >= 0.6 is 11.3 Å². The van der Waals surface area contributed by atoms with Gasteiger partial charge in [-0.3, -0.25) is 15.0 Å². The monoisotopic (exact) mass is 661 g/mol. The Balaban J connectivity index is 1.37. The number of amides is 2. The van der Waals surface area contributed by atoms with Crippen molar-refractivity contribution in [3.63, 3.8) is 0 Å². The zero-order chi connectivity index (χ0) is 33.8. The van der Waals surface area contributed by atoms with E-state index in [1.165, 1.54) is 0 Å². The number of pyridine rings is 1. The van der Waals surface area contributed by atoms with E-state index in [0.717, 1.165) is 50.3 Å². The molecule has 0 saturated heterocycles. The van der Waals surface area contributed by atoms with E-state index in [-0.39, 0.29) is 18.4 Å². The van der Waals surface area contributed by atoms with Crippen LogP contribution in [0.3, 0.4) is 0 Å². The van der Waals surface area contributed by atoms with E-state index < -0.39 is 12.1 Å². The number of likely N-dealkylation sites (N-methyl/N-ethyl adjacent to an activating group) is 1. The first kappa shape index (κ1) is 32.7. The van der Waals surface area contributed by atoms with Crippen LogP contribution in [0.2, 0.25) is 0 Å². The molecule has 0 fully saturated rings. The molecule has 0 saturated carbocycles. The topological polar surface area (TPSA) is 126 Å². The molecule has 4 N–H and O–H groups in total. The highest BCUT2D eigenvalue weighted by molar-refractivity contribution is 7.09. The number of nitrogens with zero attached hydrogens (tertiary/aromatic N) is 4. The molecule has 0 radical (unpaired) electrons. The second-order valence-electron chi connectivity index (χ2n) is 12.2. The van der Waals surface area contributed by atoms with Crippen molar-refractivity contribution in [2.75, 3.05) is 36.6 Å². The lowest BCUT2D eigenvalue weighted by Gasteiger charge is -2.28. The number of anilines is 3. The van der Waals surface area contributed by atoms with Crippen molar-refractivity contribution in [3.05, 3.63) is 111 Å². The SMILES string of the molecule is CCN(Cc1nccs1)Cc1ccc2cc1CN(C)C(=O)C(Nc1ccc3c(N)nccc3c1)c1c#cc(c(C)c1)C(C)COC(=O)N2. The number of carbonyl (C=O) groups is 2. The molecule has 4 bridgehead atoms. The van der Waals surface area contributed by atoms with Crippen molar-refractivity contribution >= 4 is 51.3 Å². The quantitative estimate of drug-likeness (QED) is 0.176. The first-order valence-electron chi connectivity index (χ1n) is 15.9. The summed E-state index contributed by atoms with van der Waals surface area (Å²) in [6.45, 7) is 8.73. The molecule has 7 rings (SSSR count). The number of nitrogens with two attached hydrogens (primary N) is 1. The maximum absolute atomic E-state index is 14.5. The van der Waals surface area contributed by atoms with Gasteiger partial charge < -0.3 is 20.7 Å². The number of aromatic nitrogens is 2. The van der Waals surface area contributed by atoms with E-state index in [1.807, 2.05) is 74.0 Å². The van der Waals surface area contributed by atoms with Crippen LogP contribution in [-0.2, 0) is 29.2 Å². The van der Waals surface area contributed by atoms with Gasteiger partial charge in [0.2, 0.25) is 5.91 Å². The van der Waals surface area contributed by atoms with Gasteiger partial charge >= 0.3 is 6.09 Å². The first-order valence-corrected chi connectivity index (χ1v) is 16.8. The van der Waals surface area contributed by atoms with E-state index in [2.05, 4.69) is 44.6 Å². The number of nitrogen functional groups attached to an aromatic ring is 1. The molecule has 2 aliphatic heterocycles. The normalized spacial score (nSPS) is 16.9. The van der Waals surface area contributed by atoms with Gasteiger partial charge in [0.1, 0.15) is 23.5 Å². The summed E-state index contributed by atoms with van der Waals surface area (Å²) in [5, 5.41) is 11.1. The van der Waals surface area contributed by atoms with E-state index >= 15 is 0 Å². The fourth-order valence-corrected chi connectivity index (χ4v) is 6.68. The maximum atomic E-state index is 14.5. The lowest BCUT2D eigenvalue weighted by atomic mass is 9.95. The molecule has 3 aromatic carbocycles. The molecule has 2 atom stereocenters. The van der Waals surface area contributed by atoms with Gasteiger partial charge in [-0.25, -0.2) is 14.8 Å². The van der Waals surface area contributed by atoms with Crippen LogP contribution < -0.4 is 16.4 Å². The largest absolute Gasteiger partial charge is 0.449 e. The number of hydrogen-bond acceptors (Lipinski definition) is 9. The molecule has 0 aliphatic carbocycles. The number of benzene rings is 2. The minimum atomic E-state index is -0.751. The van der Waals surface area contributed by atoms with Gasteiger partial charge in [-0.1, -0.05) is 32.0 Å². The Labute approximate surface area is 284 Å². The van der Waals surface area contributed by atoms with E-state index in [4.69, 9.17) is 10.5 Å². The van der Waals surface area contributed by atoms with E-state index in [0.29, 0.717) is 36.7 Å². The molecule has 48 heavy (non-hydrogen) atoms. The predicted molar refractivity (Wildman–Crippen MR) is 190 cm³/mol. The van der Waals surface area contributed by atoms with Crippen LogP contribution in [0.25, 0.3) is 10.8 Å². The van der Waals surface area contributed by atoms with Crippen LogP contribution in [-0.4, -0.2) is 52.0 Å². The summed E-state index contributed by atoms with van der Waals surface area (Å²) < 4.78 is 5.63. The Hall–Kier alpha value is -5.18. The summed E-state index contributed by atoms with van der Waals surface area (Å²) in [5.41, 5.74) is 11.9. The van der Waals surface area contributed by atoms with Gasteiger partial charge in [-0.2, -0.15) is 0 Å². The van der Waals surface area contributed by atoms with Gasteiger partial charge in [0.15, 0.2) is 0 Å². The number of fused-ring (bicyclic) bond motifs is 9. The van der Waals surface area contributed by atoms with Crippen LogP contribution in [0.4, 0.5) is 22.0 Å². The average Bonchev–Trinajstić information content (AvgIpc) is 3.59. The zero-order valence-electron chi connectivity index (χ0n) is 27.5. The summed E-state index contributed by atoms with van der Waals surface area (Å²) in [5.74, 6) is 0.184. The lowest BCUT2D eigenvalue weighted by Crippen LogP contribution is -2.35. The Morgan fingerprint density at radius 1 is 1.10 bits per heavy atom. The molecular weight excluding hydrogens is 623 g/mol. The summed E-state index contributed by atoms with van der Waals surface area (Å²) in [6.07, 6.45) is 2.96. The van der Waals surface area contributed by atoms with Gasteiger partial charge in [0.25, 0.3) is 0 Å². The number of aryl methyl sites for hydroxylation is 1. The maximum Gasteiger partial charge on any atom is 0.411 e. The number of thiazole rings is 1. The van der Waals surface area contributed by atoms with Crippen molar-refractivity contribution < 1.29 is 14.3 Å². The smallest absolute Gasteiger partial charge is 0.411 e. The standard InChI is InChI=1S/C37H39N7O3S/c1-5-44(21-33-39-14-15-48-33)20-27-6-8-30-18-28(27)19-43(4)36(45)34(41-29-9-11-32-25(17-29)12-13-40-35(32)38)26-7-10-31(23(2)16-26)24(3)22-47-37(46)42-30/h6,8-9,11-18,24,34,41H,5,19-22H2,1-4H3,(H2,38,40)(H,42,46). The minimum Gasteiger partial charge on any atom is -0.449 e. The Morgan fingerprint density at radius 2 is 1.96 bits per heavy atom. The number of hydrogen-bond donors (Lipinski definition) is 3. The number of nitrogens with one attached hydrogen (secondary N) is 2. The van der Waals surface area contributed by atoms with E-state index in [1.54, 1.807) is 29.5 Å². The molecule has 10 nitrogen and oxygen atoms in total. The predicted octanol–water partition coefficient (Wildman–Crippen LogP) is 6.68. The van der Waals surface area contributed by atoms with Crippen molar-refractivity contribution in [2.24, 2.45) is 0 Å². The highest BCUT2D eigenvalue weighted by atomic mass is 32.1. The molecule has 2 aliphatic rings. The Bertz CT molecular complexity index is 1930. The molecular formula is C37H39N7O3S. The van der Waals surface area contributed by atoms with Gasteiger partial charge in [-0.15, -0.1) is 11.3 Å². The lowest BCUT2D eigenvalue weighted by molar-refractivity contribution is -0.131. The molecule has 2 amide bonds. The second-order valence-corrected chi connectivity index (χ2v) is 13.2. The molecule has 5 aromatic rings. The highest BCUT2D eigenvalue weighted by Gasteiger charge is 2.27. The van der Waals surface area contributed by atoms with Crippen molar-refractivity contribution in [2.45, 2.75) is 52.4 Å². The third kappa shape index (κ3) is 7.35. The van der Waals surface area contributed by atoms with Crippen LogP contribution in [0.15, 0.2) is 66.3 Å². The van der Waals surface area contributed by atoms with Gasteiger partial charge in [0.05, 0.1) is 6.54 Å². The number of ether oxygens (including phenoxy) is 1. The minimum absolute atomic E-state index is 0.130. The third-order valence-electron chi connectivity index (χ3n) is 8.68. The average molecular weight is 662 g/mol. The van der Waals surface area contributed by atoms with Crippen LogP contribution in [0.1, 0.15) is 58.6 Å². The van der Waals surface area contributed by atoms with Crippen molar-refractivity contribution in [1.29, 1.82) is 0 Å².